The van der Waals surface area contributed by atoms with Crippen LogP contribution in [0.2, 0.25) is 0 Å². The molecule has 94 valence electrons. The highest BCUT2D eigenvalue weighted by atomic mass is 19.4. The molecule has 0 bridgehead atoms. The first-order valence-corrected chi connectivity index (χ1v) is 5.05. The van der Waals surface area contributed by atoms with Crippen molar-refractivity contribution >= 4 is 5.91 Å². The molecule has 2 unspecified atom stereocenters. The molecule has 1 saturated heterocycles. The average Bonchev–Trinajstić information content (AvgIpc) is 2.08. The Morgan fingerprint density at radius 3 is 2.50 bits per heavy atom. The van der Waals surface area contributed by atoms with Gasteiger partial charge >= 0.3 is 6.18 Å². The number of hydrogen-bond acceptors (Lipinski definition) is 3. The molecule has 3 N–H and O–H groups in total. The highest BCUT2D eigenvalue weighted by molar-refractivity contribution is 5.78. The van der Waals surface area contributed by atoms with Crippen LogP contribution < -0.4 is 10.6 Å². The van der Waals surface area contributed by atoms with Gasteiger partial charge in [-0.1, -0.05) is 6.92 Å². The fourth-order valence-electron chi connectivity index (χ4n) is 1.35. The molecule has 1 aliphatic rings. The maximum absolute atomic E-state index is 11.9. The van der Waals surface area contributed by atoms with Crippen molar-refractivity contribution in [3.63, 3.8) is 0 Å². The molecule has 0 spiro atoms. The second-order valence-electron chi connectivity index (χ2n) is 4.01. The minimum absolute atomic E-state index is 0.169. The second kappa shape index (κ2) is 5.01. The van der Waals surface area contributed by atoms with Crippen LogP contribution in [0.3, 0.4) is 0 Å². The zero-order valence-electron chi connectivity index (χ0n) is 8.84. The average molecular weight is 240 g/mol. The molecule has 1 heterocycles. The molecule has 0 saturated carbocycles. The molecule has 0 aromatic heterocycles. The van der Waals surface area contributed by atoms with Gasteiger partial charge in [-0.05, 0) is 19.0 Å². The third-order valence-corrected chi connectivity index (χ3v) is 2.78. The Bertz CT molecular complexity index is 254. The van der Waals surface area contributed by atoms with Gasteiger partial charge in [0.25, 0.3) is 0 Å². The van der Waals surface area contributed by atoms with Gasteiger partial charge in [-0.2, -0.15) is 13.2 Å². The second-order valence-corrected chi connectivity index (χ2v) is 4.01. The minimum Gasteiger partial charge on any atom is -0.382 e. The topological polar surface area (TPSA) is 61.4 Å². The molecule has 1 aliphatic heterocycles. The normalized spacial score (nSPS) is 21.1. The maximum atomic E-state index is 11.9. The van der Waals surface area contributed by atoms with E-state index in [9.17, 15) is 18.0 Å². The Balaban J connectivity index is 2.29. The number of carbonyl (C=O) groups is 1. The Morgan fingerprint density at radius 2 is 2.12 bits per heavy atom. The molecular formula is C9H15F3N2O2. The summed E-state index contributed by atoms with van der Waals surface area (Å²) in [5, 5.41) is 13.8. The first-order chi connectivity index (χ1) is 7.32. The van der Waals surface area contributed by atoms with Gasteiger partial charge in [-0.3, -0.25) is 4.79 Å². The predicted molar refractivity (Wildman–Crippen MR) is 50.6 cm³/mol. The number of rotatable bonds is 4. The van der Waals surface area contributed by atoms with Gasteiger partial charge in [-0.15, -0.1) is 0 Å². The van der Waals surface area contributed by atoms with E-state index in [1.807, 2.05) is 0 Å². The van der Waals surface area contributed by atoms with Gasteiger partial charge in [0.1, 0.15) is 0 Å². The quantitative estimate of drug-likeness (QED) is 0.642. The summed E-state index contributed by atoms with van der Waals surface area (Å²) in [4.78, 5) is 11.4. The van der Waals surface area contributed by atoms with E-state index in [2.05, 4.69) is 10.6 Å². The highest BCUT2D eigenvalue weighted by Crippen LogP contribution is 2.20. The van der Waals surface area contributed by atoms with Crippen LogP contribution in [-0.2, 0) is 4.79 Å². The van der Waals surface area contributed by atoms with Gasteiger partial charge in [0, 0.05) is 5.92 Å². The largest absolute Gasteiger partial charge is 0.416 e. The molecule has 16 heavy (non-hydrogen) atoms. The number of amides is 1. The third kappa shape index (κ3) is 3.34. The monoisotopic (exact) mass is 240 g/mol. The summed E-state index contributed by atoms with van der Waals surface area (Å²) >= 11 is 0. The van der Waals surface area contributed by atoms with Crippen LogP contribution in [0.15, 0.2) is 0 Å². The SMILES string of the molecule is CC(C(=O)NCC(O)C(F)(F)F)C1CNC1. The lowest BCUT2D eigenvalue weighted by Gasteiger charge is -2.31. The number of aliphatic hydroxyl groups excluding tert-OH is 1. The van der Waals surface area contributed by atoms with Crippen molar-refractivity contribution in [2.45, 2.75) is 19.2 Å². The number of carbonyl (C=O) groups excluding carboxylic acids is 1. The smallest absolute Gasteiger partial charge is 0.382 e. The van der Waals surface area contributed by atoms with Crippen LogP contribution >= 0.6 is 0 Å². The minimum atomic E-state index is -4.69. The van der Waals surface area contributed by atoms with Crippen molar-refractivity contribution in [2.75, 3.05) is 19.6 Å². The molecule has 0 aliphatic carbocycles. The fourth-order valence-corrected chi connectivity index (χ4v) is 1.35. The van der Waals surface area contributed by atoms with Gasteiger partial charge in [0.05, 0.1) is 6.54 Å². The zero-order valence-corrected chi connectivity index (χ0v) is 8.84. The van der Waals surface area contributed by atoms with Gasteiger partial charge in [-0.25, -0.2) is 0 Å². The molecular weight excluding hydrogens is 225 g/mol. The van der Waals surface area contributed by atoms with Crippen molar-refractivity contribution in [2.24, 2.45) is 11.8 Å². The van der Waals surface area contributed by atoms with Gasteiger partial charge in [0.2, 0.25) is 5.91 Å². The van der Waals surface area contributed by atoms with E-state index in [0.717, 1.165) is 0 Å². The first kappa shape index (κ1) is 13.2. The van der Waals surface area contributed by atoms with E-state index in [-0.39, 0.29) is 11.8 Å². The summed E-state index contributed by atoms with van der Waals surface area (Å²) in [6.07, 6.45) is -7.18. The molecule has 1 rings (SSSR count). The summed E-state index contributed by atoms with van der Waals surface area (Å²) in [5.41, 5.74) is 0. The first-order valence-electron chi connectivity index (χ1n) is 5.05. The zero-order chi connectivity index (χ0) is 12.3. The van der Waals surface area contributed by atoms with Gasteiger partial charge in [0.15, 0.2) is 6.10 Å². The van der Waals surface area contributed by atoms with Crippen LogP contribution in [-0.4, -0.2) is 42.9 Å². The standard InChI is InChI=1S/C9H15F3N2O2/c1-5(6-2-13-3-6)8(16)14-4-7(15)9(10,11)12/h5-7,13,15H,2-4H2,1H3,(H,14,16). The van der Waals surface area contributed by atoms with Crippen molar-refractivity contribution in [3.05, 3.63) is 0 Å². The van der Waals surface area contributed by atoms with Crippen molar-refractivity contribution < 1.29 is 23.1 Å². The molecule has 0 aromatic carbocycles. The van der Waals surface area contributed by atoms with Crippen molar-refractivity contribution in [1.82, 2.24) is 10.6 Å². The number of hydrogen-bond donors (Lipinski definition) is 3. The van der Waals surface area contributed by atoms with E-state index in [1.54, 1.807) is 6.92 Å². The van der Waals surface area contributed by atoms with Gasteiger partial charge < -0.3 is 15.7 Å². The van der Waals surface area contributed by atoms with Crippen LogP contribution in [0.4, 0.5) is 13.2 Å². The molecule has 1 fully saturated rings. The van der Waals surface area contributed by atoms with E-state index in [1.165, 1.54) is 0 Å². The summed E-state index contributed by atoms with van der Waals surface area (Å²) in [7, 11) is 0. The number of alkyl halides is 3. The lowest BCUT2D eigenvalue weighted by atomic mass is 9.88. The lowest BCUT2D eigenvalue weighted by Crippen LogP contribution is -2.51. The van der Waals surface area contributed by atoms with E-state index >= 15 is 0 Å². The van der Waals surface area contributed by atoms with Crippen LogP contribution in [0.25, 0.3) is 0 Å². The molecule has 0 aromatic rings. The summed E-state index contributed by atoms with van der Waals surface area (Å²) in [5.74, 6) is -0.612. The summed E-state index contributed by atoms with van der Waals surface area (Å²) in [6.45, 7) is 2.29. The van der Waals surface area contributed by atoms with Crippen LogP contribution in [0.5, 0.6) is 0 Å². The molecule has 7 heteroatoms. The molecule has 2 atom stereocenters. The summed E-state index contributed by atoms with van der Waals surface area (Å²) < 4.78 is 35.8. The third-order valence-electron chi connectivity index (χ3n) is 2.78. The Morgan fingerprint density at radius 1 is 1.56 bits per heavy atom. The maximum Gasteiger partial charge on any atom is 0.416 e. The predicted octanol–water partition coefficient (Wildman–Crippen LogP) is -0.119. The molecule has 1 amide bonds. The molecule has 0 radical (unpaired) electrons. The number of nitrogens with one attached hydrogen (secondary N) is 2. The van der Waals surface area contributed by atoms with E-state index in [4.69, 9.17) is 5.11 Å². The Kier molecular flexibility index (Phi) is 4.15. The number of halogens is 3. The highest BCUT2D eigenvalue weighted by Gasteiger charge is 2.38. The fraction of sp³-hybridized carbons (Fsp3) is 0.889. The Labute approximate surface area is 91.2 Å². The van der Waals surface area contributed by atoms with Crippen molar-refractivity contribution in [3.8, 4) is 0 Å². The lowest BCUT2D eigenvalue weighted by molar-refractivity contribution is -0.202. The van der Waals surface area contributed by atoms with Crippen LogP contribution in [0.1, 0.15) is 6.92 Å². The van der Waals surface area contributed by atoms with E-state index < -0.39 is 24.7 Å². The van der Waals surface area contributed by atoms with Crippen LogP contribution in [0, 0.1) is 11.8 Å². The Hall–Kier alpha value is -0.820. The summed E-state index contributed by atoms with van der Waals surface area (Å²) in [6, 6.07) is 0. The van der Waals surface area contributed by atoms with E-state index in [0.29, 0.717) is 13.1 Å². The number of aliphatic hydroxyl groups is 1. The molecule has 4 nitrogen and oxygen atoms in total. The van der Waals surface area contributed by atoms with Crippen molar-refractivity contribution in [1.29, 1.82) is 0 Å².